The number of aryl methyl sites for hydroxylation is 4. The van der Waals surface area contributed by atoms with Crippen molar-refractivity contribution in [2.24, 2.45) is 0 Å². The van der Waals surface area contributed by atoms with E-state index in [9.17, 15) is 9.90 Å². The zero-order chi connectivity index (χ0) is 26.0. The third-order valence-electron chi connectivity index (χ3n) is 8.26. The number of hydrogen-bond donors (Lipinski definition) is 1. The van der Waals surface area contributed by atoms with Crippen LogP contribution in [0.2, 0.25) is 0 Å². The third kappa shape index (κ3) is 3.66. The monoisotopic (exact) mass is 477 g/mol. The minimum atomic E-state index is -0.809. The van der Waals surface area contributed by atoms with Crippen LogP contribution in [0.25, 0.3) is 22.3 Å². The molecule has 0 bridgehead atoms. The van der Waals surface area contributed by atoms with Crippen LogP contribution in [-0.4, -0.2) is 17.0 Å². The molecule has 36 heavy (non-hydrogen) atoms. The van der Waals surface area contributed by atoms with Crippen LogP contribution in [0, 0.1) is 33.6 Å². The maximum Gasteiger partial charge on any atom is 0.228 e. The minimum Gasteiger partial charge on any atom is -0.374 e. The van der Waals surface area contributed by atoms with Gasteiger partial charge in [0.15, 0.2) is 5.56 Å². The molecule has 2 unspecified atom stereocenters. The fourth-order valence-electron chi connectivity index (χ4n) is 6.03. The second-order valence-electron chi connectivity index (χ2n) is 11.4. The normalized spacial score (nSPS) is 18.1. The first-order valence-corrected chi connectivity index (χ1v) is 13.2. The molecule has 0 amide bonds. The van der Waals surface area contributed by atoms with Gasteiger partial charge in [-0.1, -0.05) is 58.0 Å². The summed E-state index contributed by atoms with van der Waals surface area (Å²) in [7, 11) is 0. The standard InChI is InChI=1S/C34H37O2/c1-17(2)23-11-9-19(5)29-25(15-23)21(7)13-27(29)31-33(35)32(34(31)36)28-14-22(8)26-16-24(18(3)4)12-10-20(6)30(26)28/h9-18,31,33,35H,1-8H3/q+1. The highest BCUT2D eigenvalue weighted by molar-refractivity contribution is 6.12. The lowest BCUT2D eigenvalue weighted by atomic mass is 9.63. The number of carbonyl (C=O) groups excluding carboxylic acids is 1. The molecule has 1 N–H and O–H groups in total. The largest absolute Gasteiger partial charge is 0.374 e. The lowest BCUT2D eigenvalue weighted by Gasteiger charge is -2.35. The van der Waals surface area contributed by atoms with E-state index in [1.165, 1.54) is 22.3 Å². The molecule has 0 radical (unpaired) electrons. The van der Waals surface area contributed by atoms with Crippen LogP contribution < -0.4 is 0 Å². The number of fused-ring (bicyclic) bond motifs is 2. The Morgan fingerprint density at radius 1 is 0.694 bits per heavy atom. The Morgan fingerprint density at radius 2 is 1.19 bits per heavy atom. The first kappa shape index (κ1) is 24.6. The number of carbonyl (C=O) groups is 1. The summed E-state index contributed by atoms with van der Waals surface area (Å²) in [4.78, 5) is 13.8. The van der Waals surface area contributed by atoms with Crippen molar-refractivity contribution < 1.29 is 9.90 Å². The third-order valence-corrected chi connectivity index (χ3v) is 8.26. The number of Topliss-reactive ketones (excluding diaryl/α,β-unsaturated/α-hetero) is 1. The Kier molecular flexibility index (Phi) is 6.00. The molecule has 0 saturated heterocycles. The van der Waals surface area contributed by atoms with Crippen LogP contribution in [0.4, 0.5) is 0 Å². The summed E-state index contributed by atoms with van der Waals surface area (Å²) in [6.45, 7) is 17.2. The molecule has 2 heteroatoms. The molecule has 0 spiro atoms. The second-order valence-corrected chi connectivity index (χ2v) is 11.4. The van der Waals surface area contributed by atoms with E-state index < -0.39 is 12.0 Å². The summed E-state index contributed by atoms with van der Waals surface area (Å²) in [5.74, 6) is 0.926. The van der Waals surface area contributed by atoms with Crippen molar-refractivity contribution in [3.05, 3.63) is 99.0 Å². The lowest BCUT2D eigenvalue weighted by molar-refractivity contribution is -0.129. The van der Waals surface area contributed by atoms with Crippen LogP contribution in [0.1, 0.15) is 90.0 Å². The maximum absolute atomic E-state index is 13.8. The van der Waals surface area contributed by atoms with Crippen molar-refractivity contribution in [2.45, 2.75) is 79.2 Å². The highest BCUT2D eigenvalue weighted by Crippen LogP contribution is 2.52. The average Bonchev–Trinajstić information content (AvgIpc) is 3.11. The Balaban J connectivity index is 1.57. The molecule has 5 aliphatic rings. The Labute approximate surface area is 216 Å². The quantitative estimate of drug-likeness (QED) is 0.302. The average molecular weight is 478 g/mol. The number of aliphatic hydroxyl groups is 1. The first-order valence-electron chi connectivity index (χ1n) is 13.2. The molecule has 5 rings (SSSR count). The van der Waals surface area contributed by atoms with Crippen molar-refractivity contribution in [1.82, 2.24) is 0 Å². The summed E-state index contributed by atoms with van der Waals surface area (Å²) >= 11 is 0. The van der Waals surface area contributed by atoms with Gasteiger partial charge in [0.1, 0.15) is 17.9 Å². The summed E-state index contributed by atoms with van der Waals surface area (Å²) in [6, 6.07) is 17.4. The maximum atomic E-state index is 13.8. The second kappa shape index (κ2) is 8.78. The van der Waals surface area contributed by atoms with Gasteiger partial charge >= 0.3 is 0 Å². The SMILES string of the molecule is Cc1cc([C+]2C(=O)C(c3cc(C)c4cc(C(C)C)ccc(C)c3-4)C2O)c2c(C)ccc(C(C)C)cc1-2. The van der Waals surface area contributed by atoms with Gasteiger partial charge in [-0.25, -0.2) is 0 Å². The van der Waals surface area contributed by atoms with Gasteiger partial charge < -0.3 is 5.11 Å². The van der Waals surface area contributed by atoms with Gasteiger partial charge in [0.25, 0.3) is 0 Å². The fraction of sp³-hybridized carbons (Fsp3) is 0.353. The predicted octanol–water partition coefficient (Wildman–Crippen LogP) is 8.03. The van der Waals surface area contributed by atoms with Crippen molar-refractivity contribution in [2.75, 3.05) is 0 Å². The van der Waals surface area contributed by atoms with E-state index in [2.05, 4.69) is 104 Å². The summed E-state index contributed by atoms with van der Waals surface area (Å²) in [5, 5.41) is 11.5. The van der Waals surface area contributed by atoms with E-state index >= 15 is 0 Å². The Bertz CT molecular complexity index is 1320. The van der Waals surface area contributed by atoms with Crippen LogP contribution >= 0.6 is 0 Å². The zero-order valence-electron chi connectivity index (χ0n) is 22.8. The van der Waals surface area contributed by atoms with E-state index in [0.717, 1.165) is 44.5 Å². The highest BCUT2D eigenvalue weighted by atomic mass is 16.3. The van der Waals surface area contributed by atoms with Gasteiger partial charge in [-0.2, -0.15) is 0 Å². The van der Waals surface area contributed by atoms with E-state index in [-0.39, 0.29) is 5.78 Å². The predicted molar refractivity (Wildman–Crippen MR) is 149 cm³/mol. The zero-order valence-corrected chi connectivity index (χ0v) is 22.8. The molecule has 2 atom stereocenters. The van der Waals surface area contributed by atoms with Gasteiger partial charge in [0.05, 0.1) is 17.2 Å². The Hall–Kier alpha value is -3.10. The first-order chi connectivity index (χ1) is 17.0. The van der Waals surface area contributed by atoms with Crippen molar-refractivity contribution >= 4 is 5.78 Å². The number of aliphatic hydroxyl groups excluding tert-OH is 1. The van der Waals surface area contributed by atoms with Crippen LogP contribution in [0.15, 0.2) is 48.5 Å². The van der Waals surface area contributed by atoms with Gasteiger partial charge in [-0.05, 0) is 90.6 Å². The van der Waals surface area contributed by atoms with Crippen LogP contribution in [-0.2, 0) is 4.79 Å². The number of hydrogen-bond acceptors (Lipinski definition) is 2. The molecule has 2 nitrogen and oxygen atoms in total. The number of ketones is 1. The molecule has 184 valence electrons. The van der Waals surface area contributed by atoms with E-state index in [1.54, 1.807) is 0 Å². The fourth-order valence-corrected chi connectivity index (χ4v) is 6.03. The Morgan fingerprint density at radius 3 is 1.72 bits per heavy atom. The smallest absolute Gasteiger partial charge is 0.228 e. The molecule has 1 fully saturated rings. The van der Waals surface area contributed by atoms with Crippen LogP contribution in [0.5, 0.6) is 0 Å². The number of rotatable bonds is 4. The van der Waals surface area contributed by atoms with E-state index in [0.29, 0.717) is 17.8 Å². The molecule has 0 aromatic rings. The topological polar surface area (TPSA) is 37.3 Å². The van der Waals surface area contributed by atoms with Crippen LogP contribution in [0.3, 0.4) is 0 Å². The van der Waals surface area contributed by atoms with Gasteiger partial charge in [0.2, 0.25) is 5.78 Å². The van der Waals surface area contributed by atoms with Crippen molar-refractivity contribution in [3.8, 4) is 22.3 Å². The molecule has 0 aromatic heterocycles. The molecular weight excluding hydrogens is 440 g/mol. The molecule has 5 aliphatic carbocycles. The highest BCUT2D eigenvalue weighted by Gasteiger charge is 2.58. The molecule has 0 aromatic carbocycles. The molecule has 1 saturated carbocycles. The van der Waals surface area contributed by atoms with E-state index in [4.69, 9.17) is 0 Å². The van der Waals surface area contributed by atoms with Gasteiger partial charge in [-0.3, -0.25) is 4.79 Å². The van der Waals surface area contributed by atoms with Gasteiger partial charge in [0, 0.05) is 11.1 Å². The van der Waals surface area contributed by atoms with Crippen molar-refractivity contribution in [3.63, 3.8) is 0 Å². The van der Waals surface area contributed by atoms with Crippen molar-refractivity contribution in [1.29, 1.82) is 0 Å². The summed E-state index contributed by atoms with van der Waals surface area (Å²) < 4.78 is 0. The summed E-state index contributed by atoms with van der Waals surface area (Å²) in [5.41, 5.74) is 13.6. The lowest BCUT2D eigenvalue weighted by Crippen LogP contribution is -2.49. The molecular formula is C34H37O2+. The molecule has 0 heterocycles. The van der Waals surface area contributed by atoms with E-state index in [1.807, 2.05) is 0 Å². The summed E-state index contributed by atoms with van der Waals surface area (Å²) in [6.07, 6.45) is -0.809. The van der Waals surface area contributed by atoms with Gasteiger partial charge in [-0.15, -0.1) is 0 Å². The molecule has 0 aliphatic heterocycles. The minimum absolute atomic E-state index is 0.0475.